The first-order valence-electron chi connectivity index (χ1n) is 13.5. The Kier molecular flexibility index (Phi) is 7.99. The molecule has 1 aliphatic heterocycles. The average molecular weight is 572 g/mol. The maximum absolute atomic E-state index is 14.0. The van der Waals surface area contributed by atoms with Gasteiger partial charge in [-0.15, -0.1) is 0 Å². The van der Waals surface area contributed by atoms with Crippen molar-refractivity contribution in [1.82, 2.24) is 14.2 Å². The highest BCUT2D eigenvalue weighted by Gasteiger charge is 2.62. The second-order valence-corrected chi connectivity index (χ2v) is 12.1. The Morgan fingerprint density at radius 1 is 1.10 bits per heavy atom. The summed E-state index contributed by atoms with van der Waals surface area (Å²) in [4.78, 5) is 37.3. The van der Waals surface area contributed by atoms with Crippen LogP contribution in [0.5, 0.6) is 0 Å². The van der Waals surface area contributed by atoms with Crippen molar-refractivity contribution in [1.29, 1.82) is 0 Å². The van der Waals surface area contributed by atoms with Crippen LogP contribution in [0.3, 0.4) is 0 Å². The monoisotopic (exact) mass is 571 g/mol. The van der Waals surface area contributed by atoms with Crippen molar-refractivity contribution < 1.29 is 32.2 Å². The highest BCUT2D eigenvalue weighted by Crippen LogP contribution is 2.52. The molecule has 2 aromatic rings. The van der Waals surface area contributed by atoms with Gasteiger partial charge in [-0.3, -0.25) is 9.36 Å². The SMILES string of the molecule is CCCOC(=O)OCn1ccc2c(S(=O)(=O)N3CCC(NC(=O)OCC4C=CC=CC4)C34CC4)cccc2c1=O. The molecule has 2 atom stereocenters. The molecule has 1 amide bonds. The van der Waals surface area contributed by atoms with E-state index in [1.54, 1.807) is 0 Å². The topological polar surface area (TPSA) is 133 Å². The predicted octanol–water partition coefficient (Wildman–Crippen LogP) is 3.68. The van der Waals surface area contributed by atoms with Crippen LogP contribution in [-0.4, -0.2) is 60.9 Å². The molecule has 1 N–H and O–H groups in total. The molecule has 1 spiro atoms. The number of aromatic nitrogens is 1. The van der Waals surface area contributed by atoms with Crippen LogP contribution in [0.2, 0.25) is 0 Å². The zero-order valence-electron chi connectivity index (χ0n) is 22.3. The van der Waals surface area contributed by atoms with Gasteiger partial charge in [-0.25, -0.2) is 18.0 Å². The Bertz CT molecular complexity index is 1510. The summed E-state index contributed by atoms with van der Waals surface area (Å²) in [5.74, 6) is 0.128. The lowest BCUT2D eigenvalue weighted by molar-refractivity contribution is 0.0331. The van der Waals surface area contributed by atoms with Crippen molar-refractivity contribution in [2.75, 3.05) is 19.8 Å². The zero-order valence-corrected chi connectivity index (χ0v) is 23.1. The van der Waals surface area contributed by atoms with Crippen molar-refractivity contribution in [2.24, 2.45) is 5.92 Å². The smallest absolute Gasteiger partial charge is 0.449 e. The summed E-state index contributed by atoms with van der Waals surface area (Å²) in [6, 6.07) is 5.71. The number of amides is 1. The van der Waals surface area contributed by atoms with Crippen LogP contribution in [0.15, 0.2) is 64.5 Å². The molecule has 2 heterocycles. The molecule has 0 radical (unpaired) electrons. The quantitative estimate of drug-likeness (QED) is 0.451. The fourth-order valence-electron chi connectivity index (χ4n) is 5.41. The first-order valence-corrected chi connectivity index (χ1v) is 14.9. The predicted molar refractivity (Wildman–Crippen MR) is 146 cm³/mol. The summed E-state index contributed by atoms with van der Waals surface area (Å²) in [7, 11) is -4.00. The third-order valence-electron chi connectivity index (χ3n) is 7.61. The summed E-state index contributed by atoms with van der Waals surface area (Å²) >= 11 is 0. The van der Waals surface area contributed by atoms with Crippen molar-refractivity contribution in [3.8, 4) is 0 Å². The van der Waals surface area contributed by atoms with Crippen molar-refractivity contribution in [3.63, 3.8) is 0 Å². The number of hydrogen-bond donors (Lipinski definition) is 1. The number of nitrogens with zero attached hydrogens (tertiary/aromatic N) is 2. The number of benzene rings is 1. The molecule has 12 heteroatoms. The maximum atomic E-state index is 14.0. The second-order valence-electron chi connectivity index (χ2n) is 10.3. The summed E-state index contributed by atoms with van der Waals surface area (Å²) in [6.07, 6.45) is 11.0. The van der Waals surface area contributed by atoms with Gasteiger partial charge in [0, 0.05) is 29.4 Å². The molecule has 1 aromatic carbocycles. The number of pyridine rings is 1. The third kappa shape index (κ3) is 5.50. The van der Waals surface area contributed by atoms with E-state index >= 15 is 0 Å². The van der Waals surface area contributed by atoms with Crippen LogP contribution >= 0.6 is 0 Å². The Morgan fingerprint density at radius 3 is 2.65 bits per heavy atom. The number of nitrogens with one attached hydrogen (secondary N) is 1. The van der Waals surface area contributed by atoms with Gasteiger partial charge in [0.05, 0.1) is 29.7 Å². The van der Waals surface area contributed by atoms with E-state index in [1.807, 2.05) is 31.2 Å². The van der Waals surface area contributed by atoms with Gasteiger partial charge >= 0.3 is 12.2 Å². The number of fused-ring (bicyclic) bond motifs is 1. The molecule has 3 aliphatic rings. The highest BCUT2D eigenvalue weighted by molar-refractivity contribution is 7.89. The van der Waals surface area contributed by atoms with Crippen molar-refractivity contribution in [2.45, 2.75) is 62.2 Å². The molecular formula is C28H33N3O8S. The van der Waals surface area contributed by atoms with Gasteiger partial charge in [-0.1, -0.05) is 37.3 Å². The number of hydrogen-bond acceptors (Lipinski definition) is 8. The van der Waals surface area contributed by atoms with Crippen LogP contribution in [0.4, 0.5) is 9.59 Å². The third-order valence-corrected chi connectivity index (χ3v) is 9.65. The Balaban J connectivity index is 1.31. The van der Waals surface area contributed by atoms with E-state index in [-0.39, 0.29) is 54.1 Å². The minimum absolute atomic E-state index is 0.0177. The van der Waals surface area contributed by atoms with Gasteiger partial charge in [-0.05, 0) is 50.3 Å². The summed E-state index contributed by atoms with van der Waals surface area (Å²) in [5, 5.41) is 3.36. The van der Waals surface area contributed by atoms with E-state index in [1.165, 1.54) is 39.3 Å². The van der Waals surface area contributed by atoms with E-state index in [0.29, 0.717) is 25.7 Å². The summed E-state index contributed by atoms with van der Waals surface area (Å²) in [5.41, 5.74) is -1.21. The van der Waals surface area contributed by atoms with Gasteiger partial charge in [-0.2, -0.15) is 4.31 Å². The number of carbonyl (C=O) groups is 2. The minimum atomic E-state index is -4.00. The van der Waals surface area contributed by atoms with Crippen molar-refractivity contribution >= 4 is 33.0 Å². The van der Waals surface area contributed by atoms with Crippen LogP contribution in [0.25, 0.3) is 10.8 Å². The standard InChI is InChI=1S/C28H33N3O8S/c1-2-17-37-27(34)39-19-30-15-11-21-22(25(30)32)9-6-10-23(21)40(35,36)31-16-12-24(28(31)13-14-28)29-26(33)38-18-20-7-4-3-5-8-20/h3-7,9-11,15,20,24H,2,8,12-14,16-19H2,1H3,(H,29,33). The molecule has 214 valence electrons. The van der Waals surface area contributed by atoms with Crippen molar-refractivity contribution in [3.05, 3.63) is 65.1 Å². The second kappa shape index (κ2) is 11.5. The van der Waals surface area contributed by atoms with E-state index in [4.69, 9.17) is 14.2 Å². The molecule has 11 nitrogen and oxygen atoms in total. The molecule has 1 saturated heterocycles. The lowest BCUT2D eigenvalue weighted by Gasteiger charge is -2.28. The number of ether oxygens (including phenoxy) is 3. The molecule has 2 fully saturated rings. The number of allylic oxidation sites excluding steroid dienone is 3. The summed E-state index contributed by atoms with van der Waals surface area (Å²) in [6.45, 7) is 2.19. The number of rotatable bonds is 9. The van der Waals surface area contributed by atoms with Gasteiger partial charge in [0.25, 0.3) is 5.56 Å². The first kappa shape index (κ1) is 27.9. The van der Waals surface area contributed by atoms with E-state index < -0.39 is 33.4 Å². The van der Waals surface area contributed by atoms with E-state index in [2.05, 4.69) is 5.32 Å². The molecule has 1 aromatic heterocycles. The molecule has 2 unspecified atom stereocenters. The van der Waals surface area contributed by atoms with Gasteiger partial charge in [0.15, 0.2) is 6.73 Å². The first-order chi connectivity index (χ1) is 19.3. The van der Waals surface area contributed by atoms with E-state index in [0.717, 1.165) is 6.42 Å². The molecule has 5 rings (SSSR count). The molecule has 2 aliphatic carbocycles. The lowest BCUT2D eigenvalue weighted by atomic mass is 10.0. The molecular weight excluding hydrogens is 538 g/mol. The molecule has 40 heavy (non-hydrogen) atoms. The number of sulfonamides is 1. The highest BCUT2D eigenvalue weighted by atomic mass is 32.2. The van der Waals surface area contributed by atoms with Gasteiger partial charge < -0.3 is 19.5 Å². The van der Waals surface area contributed by atoms with Gasteiger partial charge in [0.1, 0.15) is 0 Å². The maximum Gasteiger partial charge on any atom is 0.510 e. The fraction of sp³-hybridized carbons (Fsp3) is 0.464. The fourth-order valence-corrected chi connectivity index (χ4v) is 7.49. The Hall–Kier alpha value is -3.64. The van der Waals surface area contributed by atoms with Gasteiger partial charge in [0.2, 0.25) is 10.0 Å². The summed E-state index contributed by atoms with van der Waals surface area (Å²) < 4.78 is 45.8. The molecule has 0 bridgehead atoms. The van der Waals surface area contributed by atoms with E-state index in [9.17, 15) is 22.8 Å². The largest absolute Gasteiger partial charge is 0.510 e. The van der Waals surface area contributed by atoms with Crippen LogP contribution < -0.4 is 10.9 Å². The van der Waals surface area contributed by atoms with Crippen LogP contribution in [0.1, 0.15) is 39.0 Å². The minimum Gasteiger partial charge on any atom is -0.449 e. The van der Waals surface area contributed by atoms with Crippen LogP contribution in [-0.2, 0) is 31.0 Å². The number of alkyl carbamates (subject to hydrolysis) is 1. The lowest BCUT2D eigenvalue weighted by Crippen LogP contribution is -2.49. The molecule has 1 saturated carbocycles. The Labute approximate surface area is 232 Å². The number of carbonyl (C=O) groups excluding carboxylic acids is 2. The Morgan fingerprint density at radius 2 is 1.93 bits per heavy atom. The normalized spacial score (nSPS) is 21.4. The van der Waals surface area contributed by atoms with Crippen LogP contribution in [0, 0.1) is 5.92 Å². The average Bonchev–Trinajstić information content (AvgIpc) is 3.67. The zero-order chi connectivity index (χ0) is 28.3.